The second kappa shape index (κ2) is 8.35. The van der Waals surface area contributed by atoms with Crippen molar-refractivity contribution in [3.05, 3.63) is 47.0 Å². The lowest BCUT2D eigenvalue weighted by Crippen LogP contribution is -2.29. The fourth-order valence-corrected chi connectivity index (χ4v) is 2.94. The summed E-state index contributed by atoms with van der Waals surface area (Å²) >= 11 is 0. The molecular weight excluding hydrogens is 256 g/mol. The number of nitrogens with one attached hydrogen (secondary N) is 1. The SMILES string of the molecule is CC1=CCCN(Cc2ccccc2CCNCC(C)C)C1. The normalized spacial score (nSPS) is 16.3. The van der Waals surface area contributed by atoms with Crippen LogP contribution in [0.25, 0.3) is 0 Å². The molecule has 0 fully saturated rings. The summed E-state index contributed by atoms with van der Waals surface area (Å²) < 4.78 is 0. The zero-order valence-electron chi connectivity index (χ0n) is 13.9. The van der Waals surface area contributed by atoms with Crippen molar-refractivity contribution in [3.8, 4) is 0 Å². The van der Waals surface area contributed by atoms with Gasteiger partial charge < -0.3 is 5.32 Å². The molecule has 0 aliphatic carbocycles. The molecule has 0 saturated carbocycles. The van der Waals surface area contributed by atoms with Gasteiger partial charge in [0.2, 0.25) is 0 Å². The van der Waals surface area contributed by atoms with Crippen LogP contribution in [0.4, 0.5) is 0 Å². The second-order valence-electron chi connectivity index (χ2n) is 6.67. The standard InChI is InChI=1S/C19H30N2/c1-16(2)13-20-11-10-18-8-4-5-9-19(18)15-21-12-6-7-17(3)14-21/h4-5,7-9,16,20H,6,10-15H2,1-3H3. The summed E-state index contributed by atoms with van der Waals surface area (Å²) in [7, 11) is 0. The summed E-state index contributed by atoms with van der Waals surface area (Å²) in [5.41, 5.74) is 4.51. The minimum atomic E-state index is 0.725. The van der Waals surface area contributed by atoms with Crippen molar-refractivity contribution < 1.29 is 0 Å². The molecule has 2 heteroatoms. The van der Waals surface area contributed by atoms with Crippen molar-refractivity contribution in [3.63, 3.8) is 0 Å². The van der Waals surface area contributed by atoms with Gasteiger partial charge in [0.25, 0.3) is 0 Å². The zero-order chi connectivity index (χ0) is 15.1. The summed E-state index contributed by atoms with van der Waals surface area (Å²) in [6.45, 7) is 12.4. The van der Waals surface area contributed by atoms with Crippen molar-refractivity contribution in [2.24, 2.45) is 5.92 Å². The van der Waals surface area contributed by atoms with Crippen molar-refractivity contribution in [1.29, 1.82) is 0 Å². The van der Waals surface area contributed by atoms with Crippen LogP contribution in [0.1, 0.15) is 38.3 Å². The maximum Gasteiger partial charge on any atom is 0.0240 e. The van der Waals surface area contributed by atoms with Gasteiger partial charge in [-0.3, -0.25) is 4.90 Å². The Hall–Kier alpha value is -1.12. The summed E-state index contributed by atoms with van der Waals surface area (Å²) in [6, 6.07) is 8.93. The summed E-state index contributed by atoms with van der Waals surface area (Å²) in [5.74, 6) is 0.725. The van der Waals surface area contributed by atoms with Crippen LogP contribution in [0.15, 0.2) is 35.9 Å². The van der Waals surface area contributed by atoms with Crippen molar-refractivity contribution in [2.45, 2.75) is 40.2 Å². The molecule has 0 unspecified atom stereocenters. The summed E-state index contributed by atoms with van der Waals surface area (Å²) in [5, 5.41) is 3.55. The molecule has 116 valence electrons. The molecule has 0 bridgehead atoms. The Labute approximate surface area is 130 Å². The lowest BCUT2D eigenvalue weighted by atomic mass is 10.0. The predicted octanol–water partition coefficient (Wildman–Crippen LogP) is 3.63. The highest BCUT2D eigenvalue weighted by Gasteiger charge is 2.12. The number of rotatable bonds is 7. The Bertz CT molecular complexity index is 462. The van der Waals surface area contributed by atoms with Gasteiger partial charge in [0.05, 0.1) is 0 Å². The summed E-state index contributed by atoms with van der Waals surface area (Å²) in [4.78, 5) is 2.57. The van der Waals surface area contributed by atoms with Crippen molar-refractivity contribution in [2.75, 3.05) is 26.2 Å². The zero-order valence-corrected chi connectivity index (χ0v) is 13.9. The van der Waals surface area contributed by atoms with Crippen LogP contribution >= 0.6 is 0 Å². The molecule has 1 aromatic carbocycles. The number of nitrogens with zero attached hydrogens (tertiary/aromatic N) is 1. The minimum Gasteiger partial charge on any atom is -0.316 e. The van der Waals surface area contributed by atoms with E-state index in [1.54, 1.807) is 0 Å². The maximum absolute atomic E-state index is 3.55. The monoisotopic (exact) mass is 286 g/mol. The van der Waals surface area contributed by atoms with E-state index in [9.17, 15) is 0 Å². The van der Waals surface area contributed by atoms with E-state index >= 15 is 0 Å². The average Bonchev–Trinajstić information content (AvgIpc) is 2.45. The number of hydrogen-bond donors (Lipinski definition) is 1. The van der Waals surface area contributed by atoms with E-state index in [4.69, 9.17) is 0 Å². The van der Waals surface area contributed by atoms with Gasteiger partial charge in [-0.1, -0.05) is 49.8 Å². The Kier molecular flexibility index (Phi) is 6.47. The molecule has 0 aromatic heterocycles. The van der Waals surface area contributed by atoms with Gasteiger partial charge >= 0.3 is 0 Å². The second-order valence-corrected chi connectivity index (χ2v) is 6.67. The molecule has 0 saturated heterocycles. The first-order valence-corrected chi connectivity index (χ1v) is 8.30. The maximum atomic E-state index is 3.55. The van der Waals surface area contributed by atoms with E-state index in [2.05, 4.69) is 61.3 Å². The third kappa shape index (κ3) is 5.64. The van der Waals surface area contributed by atoms with Gasteiger partial charge in [-0.15, -0.1) is 0 Å². The predicted molar refractivity (Wildman–Crippen MR) is 91.5 cm³/mol. The van der Waals surface area contributed by atoms with Crippen LogP contribution < -0.4 is 5.32 Å². The van der Waals surface area contributed by atoms with Crippen LogP contribution in [0.5, 0.6) is 0 Å². The van der Waals surface area contributed by atoms with Crippen LogP contribution in [-0.4, -0.2) is 31.1 Å². The Balaban J connectivity index is 1.89. The fourth-order valence-electron chi connectivity index (χ4n) is 2.94. The third-order valence-electron chi connectivity index (χ3n) is 4.05. The molecular formula is C19H30N2. The first kappa shape index (κ1) is 16.3. The molecule has 0 atom stereocenters. The molecule has 0 radical (unpaired) electrons. The lowest BCUT2D eigenvalue weighted by Gasteiger charge is -2.27. The van der Waals surface area contributed by atoms with Crippen LogP contribution in [0.2, 0.25) is 0 Å². The van der Waals surface area contributed by atoms with E-state index in [1.165, 1.54) is 29.7 Å². The van der Waals surface area contributed by atoms with Gasteiger partial charge in [0.1, 0.15) is 0 Å². The first-order chi connectivity index (χ1) is 10.1. The molecule has 2 nitrogen and oxygen atoms in total. The largest absolute Gasteiger partial charge is 0.316 e. The van der Waals surface area contributed by atoms with Gasteiger partial charge in [-0.25, -0.2) is 0 Å². The van der Waals surface area contributed by atoms with E-state index in [0.717, 1.165) is 38.5 Å². The van der Waals surface area contributed by atoms with Crippen molar-refractivity contribution >= 4 is 0 Å². The molecule has 1 aliphatic heterocycles. The van der Waals surface area contributed by atoms with Crippen LogP contribution in [0.3, 0.4) is 0 Å². The van der Waals surface area contributed by atoms with Gasteiger partial charge in [-0.2, -0.15) is 0 Å². The number of benzene rings is 1. The molecule has 0 amide bonds. The van der Waals surface area contributed by atoms with Crippen molar-refractivity contribution in [1.82, 2.24) is 10.2 Å². The minimum absolute atomic E-state index is 0.725. The van der Waals surface area contributed by atoms with Crippen LogP contribution in [0, 0.1) is 5.92 Å². The van der Waals surface area contributed by atoms with Gasteiger partial charge in [0.15, 0.2) is 0 Å². The van der Waals surface area contributed by atoms with Gasteiger partial charge in [0, 0.05) is 19.6 Å². The number of hydrogen-bond acceptors (Lipinski definition) is 2. The van der Waals surface area contributed by atoms with Gasteiger partial charge in [-0.05, 0) is 49.9 Å². The Morgan fingerprint density at radius 1 is 1.19 bits per heavy atom. The van der Waals surface area contributed by atoms with E-state index in [-0.39, 0.29) is 0 Å². The lowest BCUT2D eigenvalue weighted by molar-refractivity contribution is 0.281. The highest BCUT2D eigenvalue weighted by atomic mass is 15.1. The molecule has 21 heavy (non-hydrogen) atoms. The molecule has 1 aliphatic rings. The first-order valence-electron chi connectivity index (χ1n) is 8.30. The van der Waals surface area contributed by atoms with E-state index < -0.39 is 0 Å². The topological polar surface area (TPSA) is 15.3 Å². The van der Waals surface area contributed by atoms with Crippen LogP contribution in [-0.2, 0) is 13.0 Å². The molecule has 1 N–H and O–H groups in total. The fraction of sp³-hybridized carbons (Fsp3) is 0.579. The molecule has 1 heterocycles. The Morgan fingerprint density at radius 3 is 2.67 bits per heavy atom. The molecule has 1 aromatic rings. The Morgan fingerprint density at radius 2 is 1.95 bits per heavy atom. The summed E-state index contributed by atoms with van der Waals surface area (Å²) in [6.07, 6.45) is 4.70. The molecule has 2 rings (SSSR count). The third-order valence-corrected chi connectivity index (χ3v) is 4.05. The van der Waals surface area contributed by atoms with E-state index in [0.29, 0.717) is 0 Å². The average molecular weight is 286 g/mol. The molecule has 0 spiro atoms. The van der Waals surface area contributed by atoms with E-state index in [1.807, 2.05) is 0 Å². The quantitative estimate of drug-likeness (QED) is 0.608. The highest BCUT2D eigenvalue weighted by molar-refractivity contribution is 5.27. The highest BCUT2D eigenvalue weighted by Crippen LogP contribution is 2.16. The smallest absolute Gasteiger partial charge is 0.0240 e.